The molecule has 0 bridgehead atoms. The van der Waals surface area contributed by atoms with Gasteiger partial charge in [-0.05, 0) is 73.2 Å². The Morgan fingerprint density at radius 1 is 0.510 bits per heavy atom. The number of benzene rings is 6. The fourth-order valence-corrected chi connectivity index (χ4v) is 6.07. The molecule has 0 N–H and O–H groups in total. The third-order valence-corrected chi connectivity index (χ3v) is 8.50. The standard InChI is InChI=1S/C22H16F2N2O.C21H16N2O/c1-22(23,24)15-11-13-16(14-12-15)25-20-18-9-5-6-10-19(18)26(21(20)27)17-7-3-2-4-8-17;1-15-8-7-9-16(14-15)22-20-18-12-5-6-13-19(18)23(21(20)24)17-10-3-2-4-11-17/h2-14H,1H3;2-14H,1H3. The smallest absolute Gasteiger partial charge is 0.275 e. The topological polar surface area (TPSA) is 65.3 Å². The van der Waals surface area contributed by atoms with Gasteiger partial charge in [-0.1, -0.05) is 97.1 Å². The lowest BCUT2D eigenvalue weighted by Gasteiger charge is -2.16. The Bertz CT molecular complexity index is 2300. The number of carbonyl (C=O) groups is 2. The summed E-state index contributed by atoms with van der Waals surface area (Å²) in [6, 6.07) is 47.7. The molecule has 2 aliphatic heterocycles. The first-order valence-corrected chi connectivity index (χ1v) is 16.4. The van der Waals surface area contributed by atoms with Gasteiger partial charge in [-0.3, -0.25) is 19.4 Å². The number of nitrogens with zero attached hydrogens (tertiary/aromatic N) is 4. The van der Waals surface area contributed by atoms with Crippen LogP contribution in [-0.4, -0.2) is 23.2 Å². The molecule has 2 amide bonds. The van der Waals surface area contributed by atoms with Gasteiger partial charge in [-0.25, -0.2) is 18.8 Å². The van der Waals surface area contributed by atoms with E-state index < -0.39 is 5.92 Å². The van der Waals surface area contributed by atoms with Gasteiger partial charge in [-0.15, -0.1) is 0 Å². The van der Waals surface area contributed by atoms with Gasteiger partial charge in [0, 0.05) is 35.0 Å². The van der Waals surface area contributed by atoms with E-state index in [1.807, 2.05) is 140 Å². The molecule has 0 radical (unpaired) electrons. The average Bonchev–Trinajstić information content (AvgIpc) is 3.58. The van der Waals surface area contributed by atoms with Crippen molar-refractivity contribution in [3.63, 3.8) is 0 Å². The summed E-state index contributed by atoms with van der Waals surface area (Å²) < 4.78 is 26.8. The Kier molecular flexibility index (Phi) is 8.90. The molecule has 6 aromatic rings. The summed E-state index contributed by atoms with van der Waals surface area (Å²) in [6.07, 6.45) is 0. The van der Waals surface area contributed by atoms with Crippen LogP contribution in [0.2, 0.25) is 0 Å². The quantitative estimate of drug-likeness (QED) is 0.183. The number of para-hydroxylation sites is 4. The molecule has 51 heavy (non-hydrogen) atoms. The highest BCUT2D eigenvalue weighted by molar-refractivity contribution is 6.56. The molecule has 0 saturated heterocycles. The zero-order valence-corrected chi connectivity index (χ0v) is 27.9. The maximum atomic E-state index is 13.4. The summed E-state index contributed by atoms with van der Waals surface area (Å²) in [7, 11) is 0. The van der Waals surface area contributed by atoms with E-state index >= 15 is 0 Å². The molecule has 0 atom stereocenters. The van der Waals surface area contributed by atoms with Crippen LogP contribution in [0.25, 0.3) is 0 Å². The van der Waals surface area contributed by atoms with E-state index in [1.54, 1.807) is 9.80 Å². The Labute approximate surface area is 294 Å². The number of hydrogen-bond donors (Lipinski definition) is 0. The van der Waals surface area contributed by atoms with Crippen LogP contribution in [0.4, 0.5) is 42.9 Å². The van der Waals surface area contributed by atoms with Gasteiger partial charge in [-0.2, -0.15) is 0 Å². The van der Waals surface area contributed by atoms with Gasteiger partial charge in [0.2, 0.25) is 0 Å². The van der Waals surface area contributed by atoms with E-state index in [0.717, 1.165) is 52.1 Å². The van der Waals surface area contributed by atoms with E-state index in [-0.39, 0.29) is 17.4 Å². The zero-order valence-electron chi connectivity index (χ0n) is 27.9. The highest BCUT2D eigenvalue weighted by Crippen LogP contribution is 2.38. The zero-order chi connectivity index (χ0) is 35.5. The van der Waals surface area contributed by atoms with Gasteiger partial charge in [0.1, 0.15) is 11.4 Å². The summed E-state index contributed by atoms with van der Waals surface area (Å²) in [6.45, 7) is 2.87. The average molecular weight is 675 g/mol. The van der Waals surface area contributed by atoms with Crippen molar-refractivity contribution in [2.75, 3.05) is 9.80 Å². The normalized spacial score (nSPS) is 15.1. The van der Waals surface area contributed by atoms with Gasteiger partial charge >= 0.3 is 0 Å². The highest BCUT2D eigenvalue weighted by Gasteiger charge is 2.36. The lowest BCUT2D eigenvalue weighted by Crippen LogP contribution is -2.25. The van der Waals surface area contributed by atoms with Crippen LogP contribution < -0.4 is 9.80 Å². The molecular weight excluding hydrogens is 642 g/mol. The maximum absolute atomic E-state index is 13.4. The minimum Gasteiger partial charge on any atom is -0.275 e. The summed E-state index contributed by atoms with van der Waals surface area (Å²) in [5.74, 6) is -3.25. The number of aryl methyl sites for hydroxylation is 1. The minimum atomic E-state index is -2.91. The first-order chi connectivity index (χ1) is 24.7. The number of carbonyl (C=O) groups excluding carboxylic acids is 2. The van der Waals surface area contributed by atoms with Crippen molar-refractivity contribution in [2.45, 2.75) is 19.8 Å². The fraction of sp³-hybridized carbons (Fsp3) is 0.0698. The number of halogens is 2. The van der Waals surface area contributed by atoms with Crippen LogP contribution in [-0.2, 0) is 15.5 Å². The molecule has 250 valence electrons. The van der Waals surface area contributed by atoms with E-state index in [4.69, 9.17) is 0 Å². The molecule has 6 aromatic carbocycles. The van der Waals surface area contributed by atoms with Crippen LogP contribution >= 0.6 is 0 Å². The number of anilines is 4. The van der Waals surface area contributed by atoms with E-state index in [2.05, 4.69) is 9.98 Å². The van der Waals surface area contributed by atoms with Crippen LogP contribution in [0.1, 0.15) is 29.2 Å². The summed E-state index contributed by atoms with van der Waals surface area (Å²) >= 11 is 0. The van der Waals surface area contributed by atoms with E-state index in [1.165, 1.54) is 24.3 Å². The molecule has 0 aliphatic carbocycles. The first kappa shape index (κ1) is 33.0. The molecule has 2 heterocycles. The number of rotatable bonds is 5. The maximum Gasteiger partial charge on any atom is 0.282 e. The molecule has 6 nitrogen and oxygen atoms in total. The second kappa shape index (κ2) is 13.8. The molecule has 0 fully saturated rings. The number of alkyl halides is 2. The molecule has 0 unspecified atom stereocenters. The van der Waals surface area contributed by atoms with Crippen LogP contribution in [0.15, 0.2) is 168 Å². The Morgan fingerprint density at radius 3 is 1.43 bits per heavy atom. The monoisotopic (exact) mass is 674 g/mol. The Hall–Kier alpha value is -6.54. The number of hydrogen-bond acceptors (Lipinski definition) is 4. The lowest BCUT2D eigenvalue weighted by atomic mass is 10.1. The number of amides is 2. The third kappa shape index (κ3) is 6.72. The summed E-state index contributed by atoms with van der Waals surface area (Å²) in [5.41, 5.74) is 7.88. The molecular formula is C43H32F2N4O2. The summed E-state index contributed by atoms with van der Waals surface area (Å²) in [4.78, 5) is 38.6. The molecule has 0 saturated carbocycles. The van der Waals surface area contributed by atoms with Crippen molar-refractivity contribution in [2.24, 2.45) is 9.98 Å². The van der Waals surface area contributed by atoms with Crippen molar-refractivity contribution < 1.29 is 18.4 Å². The minimum absolute atomic E-state index is 0.0875. The second-order valence-corrected chi connectivity index (χ2v) is 12.2. The molecule has 2 aliphatic rings. The summed E-state index contributed by atoms with van der Waals surface area (Å²) in [5, 5.41) is 0. The lowest BCUT2D eigenvalue weighted by molar-refractivity contribution is -0.112. The van der Waals surface area contributed by atoms with Gasteiger partial charge < -0.3 is 0 Å². The van der Waals surface area contributed by atoms with E-state index in [9.17, 15) is 18.4 Å². The Balaban J connectivity index is 0.000000160. The Morgan fingerprint density at radius 2 is 0.961 bits per heavy atom. The van der Waals surface area contributed by atoms with Crippen molar-refractivity contribution in [1.82, 2.24) is 0 Å². The predicted octanol–water partition coefficient (Wildman–Crippen LogP) is 10.4. The second-order valence-electron chi connectivity index (χ2n) is 12.2. The van der Waals surface area contributed by atoms with Crippen molar-refractivity contribution in [3.8, 4) is 0 Å². The molecule has 0 aromatic heterocycles. The first-order valence-electron chi connectivity index (χ1n) is 16.4. The van der Waals surface area contributed by atoms with Crippen molar-refractivity contribution in [3.05, 3.63) is 180 Å². The van der Waals surface area contributed by atoms with Gasteiger partial charge in [0.25, 0.3) is 17.7 Å². The number of fused-ring (bicyclic) bond motifs is 2. The highest BCUT2D eigenvalue weighted by atomic mass is 19.3. The van der Waals surface area contributed by atoms with E-state index in [0.29, 0.717) is 17.1 Å². The molecule has 8 heteroatoms. The SMILES string of the molecule is CC(F)(F)c1ccc(N=C2C(=O)N(c3ccccc3)c3ccccc32)cc1.Cc1cccc(N=C2C(=O)N(c3ccccc3)c3ccccc32)c1. The van der Waals surface area contributed by atoms with Crippen LogP contribution in [0.5, 0.6) is 0 Å². The molecule has 0 spiro atoms. The molecule has 8 rings (SSSR count). The fourth-order valence-electron chi connectivity index (χ4n) is 6.07. The van der Waals surface area contributed by atoms with Crippen LogP contribution in [0, 0.1) is 6.92 Å². The van der Waals surface area contributed by atoms with Gasteiger partial charge in [0.05, 0.1) is 22.7 Å². The van der Waals surface area contributed by atoms with Crippen molar-refractivity contribution >= 4 is 57.4 Å². The van der Waals surface area contributed by atoms with Crippen LogP contribution in [0.3, 0.4) is 0 Å². The predicted molar refractivity (Wildman–Crippen MR) is 200 cm³/mol. The number of aliphatic imine (C=N–C) groups is 2. The van der Waals surface area contributed by atoms with Gasteiger partial charge in [0.15, 0.2) is 0 Å². The van der Waals surface area contributed by atoms with Crippen molar-refractivity contribution in [1.29, 1.82) is 0 Å². The third-order valence-electron chi connectivity index (χ3n) is 8.50. The largest absolute Gasteiger partial charge is 0.282 e.